The summed E-state index contributed by atoms with van der Waals surface area (Å²) in [5, 5.41) is 4.59. The third kappa shape index (κ3) is 3.73. The number of hydrogen-bond donors (Lipinski definition) is 2. The molecule has 1 aromatic heterocycles. The van der Waals surface area contributed by atoms with Crippen LogP contribution in [0, 0.1) is 5.92 Å². The Hall–Kier alpha value is -2.99. The van der Waals surface area contributed by atoms with Gasteiger partial charge in [0.2, 0.25) is 0 Å². The molecule has 1 atom stereocenters. The largest absolute Gasteiger partial charge is 0.497 e. The van der Waals surface area contributed by atoms with Crippen molar-refractivity contribution in [3.05, 3.63) is 64.3 Å². The van der Waals surface area contributed by atoms with Crippen molar-refractivity contribution < 1.29 is 14.3 Å². The first-order valence-electron chi connectivity index (χ1n) is 11.1. The maximum atomic E-state index is 13.3. The van der Waals surface area contributed by atoms with Crippen LogP contribution in [0.3, 0.4) is 0 Å². The molecular formula is C25H26ClN3O3. The summed E-state index contributed by atoms with van der Waals surface area (Å²) < 4.78 is 5.30. The maximum Gasteiger partial charge on any atom is 0.312 e. The number of ether oxygens (including phenoxy) is 1. The van der Waals surface area contributed by atoms with Gasteiger partial charge in [0.1, 0.15) is 5.75 Å². The number of rotatable bonds is 4. The normalized spacial score (nSPS) is 18.2. The zero-order chi connectivity index (χ0) is 22.2. The first-order valence-corrected chi connectivity index (χ1v) is 11.5. The molecule has 3 aromatic rings. The summed E-state index contributed by atoms with van der Waals surface area (Å²) in [4.78, 5) is 31.2. The van der Waals surface area contributed by atoms with E-state index >= 15 is 0 Å². The van der Waals surface area contributed by atoms with E-state index in [4.69, 9.17) is 16.3 Å². The summed E-state index contributed by atoms with van der Waals surface area (Å²) in [6.45, 7) is 1.03. The molecule has 1 saturated carbocycles. The average Bonchev–Trinajstić information content (AvgIpc) is 3.14. The first-order chi connectivity index (χ1) is 15.5. The Morgan fingerprint density at radius 2 is 1.97 bits per heavy atom. The van der Waals surface area contributed by atoms with E-state index in [2.05, 4.69) is 10.3 Å². The van der Waals surface area contributed by atoms with Crippen LogP contribution in [0.1, 0.15) is 42.1 Å². The molecule has 1 fully saturated rings. The molecule has 6 nitrogen and oxygen atoms in total. The zero-order valence-electron chi connectivity index (χ0n) is 18.0. The molecule has 0 bridgehead atoms. The van der Waals surface area contributed by atoms with E-state index in [-0.39, 0.29) is 0 Å². The summed E-state index contributed by atoms with van der Waals surface area (Å²) in [5.41, 5.74) is 3.97. The molecule has 1 unspecified atom stereocenters. The predicted molar refractivity (Wildman–Crippen MR) is 124 cm³/mol. The van der Waals surface area contributed by atoms with E-state index in [1.54, 1.807) is 12.0 Å². The van der Waals surface area contributed by atoms with Gasteiger partial charge < -0.3 is 19.9 Å². The summed E-state index contributed by atoms with van der Waals surface area (Å²) in [6, 6.07) is 13.0. The molecule has 0 spiro atoms. The van der Waals surface area contributed by atoms with Gasteiger partial charge in [-0.2, -0.15) is 0 Å². The molecule has 5 rings (SSSR count). The van der Waals surface area contributed by atoms with Crippen LogP contribution >= 0.6 is 11.6 Å². The lowest BCUT2D eigenvalue weighted by Crippen LogP contribution is -2.48. The molecule has 2 heterocycles. The number of fused-ring (bicyclic) bond motifs is 3. The Labute approximate surface area is 191 Å². The van der Waals surface area contributed by atoms with Crippen LogP contribution in [0.4, 0.5) is 0 Å². The average molecular weight is 452 g/mol. The van der Waals surface area contributed by atoms with Gasteiger partial charge in [0.15, 0.2) is 0 Å². The van der Waals surface area contributed by atoms with E-state index in [9.17, 15) is 9.59 Å². The number of amides is 2. The second kappa shape index (κ2) is 8.51. The Morgan fingerprint density at radius 1 is 1.19 bits per heavy atom. The number of carbonyl (C=O) groups excluding carboxylic acids is 2. The second-order valence-corrected chi connectivity index (χ2v) is 9.07. The van der Waals surface area contributed by atoms with Gasteiger partial charge in [-0.15, -0.1) is 0 Å². The number of carbonyl (C=O) groups is 2. The highest BCUT2D eigenvalue weighted by atomic mass is 35.5. The fourth-order valence-electron chi connectivity index (χ4n) is 4.75. The molecule has 7 heteroatoms. The van der Waals surface area contributed by atoms with Crippen LogP contribution in [-0.2, 0) is 16.0 Å². The molecule has 0 radical (unpaired) electrons. The van der Waals surface area contributed by atoms with E-state index in [1.165, 1.54) is 6.42 Å². The number of methoxy groups -OCH3 is 1. The van der Waals surface area contributed by atoms with Crippen molar-refractivity contribution in [3.8, 4) is 5.75 Å². The van der Waals surface area contributed by atoms with E-state index < -0.39 is 17.9 Å². The fourth-order valence-corrected chi connectivity index (χ4v) is 4.92. The van der Waals surface area contributed by atoms with Crippen LogP contribution < -0.4 is 10.1 Å². The molecule has 2 amide bonds. The Balaban J connectivity index is 1.51. The van der Waals surface area contributed by atoms with Crippen molar-refractivity contribution in [1.29, 1.82) is 0 Å². The molecular weight excluding hydrogens is 426 g/mol. The number of benzene rings is 2. The highest BCUT2D eigenvalue weighted by Crippen LogP contribution is 2.39. The summed E-state index contributed by atoms with van der Waals surface area (Å²) in [5.74, 6) is 0.213. The standard InChI is InChI=1S/C25H26ClN3O3/c1-32-18-8-5-16(6-9-18)23-22-19(20-13-17(26)7-10-21(20)28-22)11-12-29(23)25(31)24(30)27-14-15-3-2-4-15/h5-10,13,15,23,28H,2-4,11-12,14H2,1H3,(H,27,30). The van der Waals surface area contributed by atoms with Gasteiger partial charge in [-0.05, 0) is 66.6 Å². The van der Waals surface area contributed by atoms with Crippen molar-refractivity contribution >= 4 is 34.3 Å². The van der Waals surface area contributed by atoms with Crippen LogP contribution in [0.2, 0.25) is 5.02 Å². The first kappa shape index (κ1) is 20.9. The number of nitrogens with one attached hydrogen (secondary N) is 2. The van der Waals surface area contributed by atoms with Gasteiger partial charge in [0.25, 0.3) is 0 Å². The number of halogens is 1. The maximum absolute atomic E-state index is 13.3. The van der Waals surface area contributed by atoms with Crippen molar-refractivity contribution in [2.24, 2.45) is 5.92 Å². The zero-order valence-corrected chi connectivity index (χ0v) is 18.7. The molecule has 1 aliphatic heterocycles. The van der Waals surface area contributed by atoms with Gasteiger partial charge in [-0.3, -0.25) is 9.59 Å². The molecule has 0 saturated heterocycles. The highest BCUT2D eigenvalue weighted by Gasteiger charge is 2.37. The quantitative estimate of drug-likeness (QED) is 0.583. The molecule has 2 N–H and O–H groups in total. The molecule has 166 valence electrons. The van der Waals surface area contributed by atoms with Gasteiger partial charge in [0.05, 0.1) is 13.2 Å². The Kier molecular flexibility index (Phi) is 5.55. The number of H-pyrrole nitrogens is 1. The van der Waals surface area contributed by atoms with Gasteiger partial charge in [-0.25, -0.2) is 0 Å². The van der Waals surface area contributed by atoms with Crippen LogP contribution in [0.15, 0.2) is 42.5 Å². The molecule has 2 aliphatic rings. The lowest BCUT2D eigenvalue weighted by Gasteiger charge is -2.36. The van der Waals surface area contributed by atoms with Crippen molar-refractivity contribution in [2.75, 3.05) is 20.2 Å². The number of aromatic nitrogens is 1. The number of aromatic amines is 1. The minimum Gasteiger partial charge on any atom is -0.497 e. The lowest BCUT2D eigenvalue weighted by atomic mass is 9.85. The third-order valence-corrected chi connectivity index (χ3v) is 6.99. The summed E-state index contributed by atoms with van der Waals surface area (Å²) >= 11 is 6.26. The van der Waals surface area contributed by atoms with Gasteiger partial charge >= 0.3 is 11.8 Å². The Morgan fingerprint density at radius 3 is 2.66 bits per heavy atom. The van der Waals surface area contributed by atoms with Gasteiger partial charge in [-0.1, -0.05) is 30.2 Å². The minimum absolute atomic E-state index is 0.391. The Bertz CT molecular complexity index is 1170. The number of hydrogen-bond acceptors (Lipinski definition) is 3. The lowest BCUT2D eigenvalue weighted by molar-refractivity contribution is -0.147. The third-order valence-electron chi connectivity index (χ3n) is 6.75. The highest BCUT2D eigenvalue weighted by molar-refractivity contribution is 6.35. The SMILES string of the molecule is COc1ccc(C2c3[nH]c4ccc(Cl)cc4c3CCN2C(=O)C(=O)NCC2CCC2)cc1. The van der Waals surface area contributed by atoms with E-state index in [1.807, 2.05) is 42.5 Å². The monoisotopic (exact) mass is 451 g/mol. The van der Waals surface area contributed by atoms with Crippen molar-refractivity contribution in [2.45, 2.75) is 31.7 Å². The van der Waals surface area contributed by atoms with Crippen LogP contribution in [0.5, 0.6) is 5.75 Å². The van der Waals surface area contributed by atoms with Crippen molar-refractivity contribution in [3.63, 3.8) is 0 Å². The van der Waals surface area contributed by atoms with Crippen LogP contribution in [0.25, 0.3) is 10.9 Å². The van der Waals surface area contributed by atoms with Gasteiger partial charge in [0, 0.05) is 34.7 Å². The van der Waals surface area contributed by atoms with Crippen molar-refractivity contribution in [1.82, 2.24) is 15.2 Å². The molecule has 32 heavy (non-hydrogen) atoms. The predicted octanol–water partition coefficient (Wildman–Crippen LogP) is 4.22. The summed E-state index contributed by atoms with van der Waals surface area (Å²) in [7, 11) is 1.62. The number of nitrogens with zero attached hydrogens (tertiary/aromatic N) is 1. The van der Waals surface area contributed by atoms with E-state index in [0.717, 1.165) is 46.3 Å². The minimum atomic E-state index is -0.530. The molecule has 2 aromatic carbocycles. The smallest absolute Gasteiger partial charge is 0.312 e. The second-order valence-electron chi connectivity index (χ2n) is 8.64. The summed E-state index contributed by atoms with van der Waals surface area (Å²) in [6.07, 6.45) is 4.10. The van der Waals surface area contributed by atoms with E-state index in [0.29, 0.717) is 30.5 Å². The fraction of sp³-hybridized carbons (Fsp3) is 0.360. The topological polar surface area (TPSA) is 74.4 Å². The van der Waals surface area contributed by atoms with Crippen LogP contribution in [-0.4, -0.2) is 41.9 Å². The molecule has 1 aliphatic carbocycles.